The van der Waals surface area contributed by atoms with E-state index in [0.29, 0.717) is 29.8 Å². The molecular formula is C20H18F2N10O. The first-order chi connectivity index (χ1) is 16.0. The van der Waals surface area contributed by atoms with Crippen LogP contribution in [0.1, 0.15) is 25.3 Å². The summed E-state index contributed by atoms with van der Waals surface area (Å²) in [6.07, 6.45) is 5.62. The molecule has 5 rings (SSSR count). The van der Waals surface area contributed by atoms with E-state index in [9.17, 15) is 13.6 Å². The highest BCUT2D eigenvalue weighted by Crippen LogP contribution is 2.30. The van der Waals surface area contributed by atoms with E-state index in [1.807, 2.05) is 0 Å². The third-order valence-electron chi connectivity index (χ3n) is 5.42. The molecule has 1 aliphatic heterocycles. The first-order valence-corrected chi connectivity index (χ1v) is 10.2. The average molecular weight is 452 g/mol. The second-order valence-electron chi connectivity index (χ2n) is 7.53. The summed E-state index contributed by atoms with van der Waals surface area (Å²) in [5.74, 6) is -2.08. The van der Waals surface area contributed by atoms with Crippen LogP contribution in [-0.4, -0.2) is 52.6 Å². The van der Waals surface area contributed by atoms with Gasteiger partial charge in [0.05, 0.1) is 11.8 Å². The molecule has 13 heteroatoms. The molecule has 0 radical (unpaired) electrons. The van der Waals surface area contributed by atoms with Crippen molar-refractivity contribution in [1.29, 1.82) is 0 Å². The maximum atomic E-state index is 14.4. The van der Waals surface area contributed by atoms with Crippen LogP contribution in [0.3, 0.4) is 0 Å². The van der Waals surface area contributed by atoms with Gasteiger partial charge in [0, 0.05) is 18.3 Å². The number of nitrogens with one attached hydrogen (secondary N) is 1. The fraction of sp³-hybridized carbons (Fsp3) is 0.250. The van der Waals surface area contributed by atoms with Crippen LogP contribution in [-0.2, 0) is 4.79 Å². The minimum absolute atomic E-state index is 0.0712. The Morgan fingerprint density at radius 2 is 2.03 bits per heavy atom. The van der Waals surface area contributed by atoms with E-state index in [1.165, 1.54) is 23.0 Å². The number of hydrogen-bond donors (Lipinski definition) is 2. The number of nitrogen functional groups attached to an aromatic ring is 1. The van der Waals surface area contributed by atoms with E-state index >= 15 is 0 Å². The number of halogens is 2. The summed E-state index contributed by atoms with van der Waals surface area (Å²) in [6.45, 7) is 0.642. The molecule has 11 nitrogen and oxygen atoms in total. The fourth-order valence-corrected chi connectivity index (χ4v) is 3.70. The molecule has 1 aliphatic rings. The molecule has 1 amide bonds. The van der Waals surface area contributed by atoms with Gasteiger partial charge in [0.1, 0.15) is 23.2 Å². The lowest BCUT2D eigenvalue weighted by Gasteiger charge is -2.12. The van der Waals surface area contributed by atoms with Gasteiger partial charge in [0.15, 0.2) is 17.5 Å². The van der Waals surface area contributed by atoms with Crippen molar-refractivity contribution in [1.82, 2.24) is 45.5 Å². The Kier molecular flexibility index (Phi) is 5.20. The van der Waals surface area contributed by atoms with Crippen LogP contribution in [0.15, 0.2) is 36.7 Å². The largest absolute Gasteiger partial charge is 0.383 e. The monoisotopic (exact) mass is 452 g/mol. The summed E-state index contributed by atoms with van der Waals surface area (Å²) in [6, 6.07) is 4.87. The number of nitrogens with zero attached hydrogens (tertiary/aromatic N) is 8. The van der Waals surface area contributed by atoms with Gasteiger partial charge < -0.3 is 11.1 Å². The maximum Gasteiger partial charge on any atom is 0.244 e. The minimum Gasteiger partial charge on any atom is -0.383 e. The molecule has 1 atom stereocenters. The number of tetrazole rings is 1. The smallest absolute Gasteiger partial charge is 0.244 e. The highest BCUT2D eigenvalue weighted by molar-refractivity contribution is 5.80. The lowest BCUT2D eigenvalue weighted by atomic mass is 10.1. The Labute approximate surface area is 185 Å². The molecule has 0 spiro atoms. The number of hydrogen-bond acceptors (Lipinski definition) is 8. The molecule has 0 bridgehead atoms. The molecule has 4 aromatic rings. The van der Waals surface area contributed by atoms with Gasteiger partial charge in [-0.25, -0.2) is 18.4 Å². The molecule has 0 aliphatic carbocycles. The average Bonchev–Trinajstić information content (AvgIpc) is 3.44. The van der Waals surface area contributed by atoms with Crippen LogP contribution in [0.4, 0.5) is 14.6 Å². The zero-order chi connectivity index (χ0) is 22.9. The predicted octanol–water partition coefficient (Wildman–Crippen LogP) is 1.68. The number of amides is 1. The van der Waals surface area contributed by atoms with Crippen molar-refractivity contribution < 1.29 is 13.6 Å². The standard InChI is InChI=1S/C20H18F2N10O/c21-13-4-3-6-15(17(13)22)32-19(27-28-30-32)12-8-11(9-25-18(12)23)14-10-31(29-26-14)16-5-1-2-7-24-20(16)33/h3-4,6,8-10,16H,1-2,5,7H2,(H2,23,25)(H,24,33)/t16-/m1/s1. The Morgan fingerprint density at radius 3 is 2.91 bits per heavy atom. The zero-order valence-corrected chi connectivity index (χ0v) is 17.2. The molecule has 3 aromatic heterocycles. The van der Waals surface area contributed by atoms with E-state index in [0.717, 1.165) is 23.6 Å². The molecule has 168 valence electrons. The third-order valence-corrected chi connectivity index (χ3v) is 5.42. The number of pyridine rings is 1. The number of anilines is 1. The van der Waals surface area contributed by atoms with Gasteiger partial charge in [-0.1, -0.05) is 11.3 Å². The van der Waals surface area contributed by atoms with E-state index < -0.39 is 17.7 Å². The van der Waals surface area contributed by atoms with Gasteiger partial charge in [-0.05, 0) is 47.9 Å². The summed E-state index contributed by atoms with van der Waals surface area (Å²) in [5, 5.41) is 22.4. The topological polar surface area (TPSA) is 142 Å². The van der Waals surface area contributed by atoms with Crippen LogP contribution >= 0.6 is 0 Å². The Morgan fingerprint density at radius 1 is 1.15 bits per heavy atom. The number of aromatic nitrogens is 8. The summed E-state index contributed by atoms with van der Waals surface area (Å²) in [5.41, 5.74) is 7.16. The summed E-state index contributed by atoms with van der Waals surface area (Å²) >= 11 is 0. The number of carbonyl (C=O) groups is 1. The number of benzene rings is 1. The Hall–Kier alpha value is -4.29. The predicted molar refractivity (Wildman–Crippen MR) is 112 cm³/mol. The van der Waals surface area contributed by atoms with Crippen LogP contribution < -0.4 is 11.1 Å². The second kappa shape index (κ2) is 8.33. The normalized spacial score (nSPS) is 16.4. The SMILES string of the molecule is Nc1ncc(-c2cn([C@@H]3CCCCNC3=O)nn2)cc1-c1nnnn1-c1cccc(F)c1F. The molecule has 0 unspecified atom stereocenters. The van der Waals surface area contributed by atoms with Gasteiger partial charge >= 0.3 is 0 Å². The van der Waals surface area contributed by atoms with Crippen molar-refractivity contribution >= 4 is 11.7 Å². The molecule has 1 aromatic carbocycles. The van der Waals surface area contributed by atoms with Crippen molar-refractivity contribution in [2.75, 3.05) is 12.3 Å². The maximum absolute atomic E-state index is 14.4. The zero-order valence-electron chi connectivity index (χ0n) is 17.2. The van der Waals surface area contributed by atoms with E-state index in [2.05, 4.69) is 36.1 Å². The Bertz CT molecular complexity index is 1330. The summed E-state index contributed by atoms with van der Waals surface area (Å²) < 4.78 is 30.7. The highest BCUT2D eigenvalue weighted by atomic mass is 19.2. The van der Waals surface area contributed by atoms with Crippen molar-refractivity contribution in [2.24, 2.45) is 0 Å². The molecule has 0 saturated carbocycles. The number of rotatable bonds is 4. The second-order valence-corrected chi connectivity index (χ2v) is 7.53. The highest BCUT2D eigenvalue weighted by Gasteiger charge is 2.24. The van der Waals surface area contributed by atoms with Gasteiger partial charge in [-0.2, -0.15) is 4.68 Å². The van der Waals surface area contributed by atoms with Crippen molar-refractivity contribution in [3.05, 3.63) is 48.3 Å². The lowest BCUT2D eigenvalue weighted by molar-refractivity contribution is -0.124. The van der Waals surface area contributed by atoms with Gasteiger partial charge in [0.25, 0.3) is 0 Å². The van der Waals surface area contributed by atoms with Crippen molar-refractivity contribution in [3.63, 3.8) is 0 Å². The first-order valence-electron chi connectivity index (χ1n) is 10.2. The van der Waals surface area contributed by atoms with E-state index in [4.69, 9.17) is 5.73 Å². The van der Waals surface area contributed by atoms with Crippen LogP contribution in [0.5, 0.6) is 0 Å². The minimum atomic E-state index is -1.10. The van der Waals surface area contributed by atoms with E-state index in [1.54, 1.807) is 12.3 Å². The molecule has 1 saturated heterocycles. The van der Waals surface area contributed by atoms with E-state index in [-0.39, 0.29) is 23.2 Å². The third kappa shape index (κ3) is 3.77. The first kappa shape index (κ1) is 20.6. The molecule has 1 fully saturated rings. The molecule has 33 heavy (non-hydrogen) atoms. The lowest BCUT2D eigenvalue weighted by Crippen LogP contribution is -2.31. The molecular weight excluding hydrogens is 434 g/mol. The molecule has 4 heterocycles. The number of nitrogens with two attached hydrogens (primary N) is 1. The quantitative estimate of drug-likeness (QED) is 0.476. The van der Waals surface area contributed by atoms with Crippen molar-refractivity contribution in [3.8, 4) is 28.3 Å². The van der Waals surface area contributed by atoms with Gasteiger partial charge in [-0.3, -0.25) is 4.79 Å². The van der Waals surface area contributed by atoms with Gasteiger partial charge in [0.2, 0.25) is 5.91 Å². The van der Waals surface area contributed by atoms with Crippen LogP contribution in [0.25, 0.3) is 28.3 Å². The van der Waals surface area contributed by atoms with Crippen molar-refractivity contribution in [2.45, 2.75) is 25.3 Å². The number of carbonyl (C=O) groups excluding carboxylic acids is 1. The Balaban J connectivity index is 1.52. The van der Waals surface area contributed by atoms with Gasteiger partial charge in [-0.15, -0.1) is 10.2 Å². The summed E-state index contributed by atoms with van der Waals surface area (Å²) in [7, 11) is 0. The summed E-state index contributed by atoms with van der Waals surface area (Å²) in [4.78, 5) is 16.5. The molecule has 3 N–H and O–H groups in total. The fourth-order valence-electron chi connectivity index (χ4n) is 3.70. The van der Waals surface area contributed by atoms with Crippen LogP contribution in [0, 0.1) is 11.6 Å². The van der Waals surface area contributed by atoms with Crippen LogP contribution in [0.2, 0.25) is 0 Å².